The van der Waals surface area contributed by atoms with Crippen LogP contribution in [0.15, 0.2) is 0 Å². The topological polar surface area (TPSA) is 102 Å². The van der Waals surface area contributed by atoms with E-state index in [4.69, 9.17) is 9.47 Å². The molecule has 1 aliphatic rings. The average Bonchev–Trinajstić information content (AvgIpc) is 2.43. The molecule has 1 heterocycles. The fourth-order valence-corrected chi connectivity index (χ4v) is 2.17. The number of rotatable bonds is 2. The molecule has 22 heavy (non-hydrogen) atoms. The largest absolute Gasteiger partial charge is 0.458 e. The normalized spacial score (nSPS) is 24.6. The summed E-state index contributed by atoms with van der Waals surface area (Å²) in [7, 11) is 0. The highest BCUT2D eigenvalue weighted by atomic mass is 16.6. The van der Waals surface area contributed by atoms with Crippen LogP contribution in [-0.4, -0.2) is 45.3 Å². The van der Waals surface area contributed by atoms with Gasteiger partial charge >= 0.3 is 11.9 Å². The van der Waals surface area contributed by atoms with Gasteiger partial charge in [0.15, 0.2) is 0 Å². The van der Waals surface area contributed by atoms with E-state index in [9.17, 15) is 19.5 Å². The first-order valence-corrected chi connectivity index (χ1v) is 7.11. The van der Waals surface area contributed by atoms with Gasteiger partial charge in [0.2, 0.25) is 5.91 Å². The molecule has 1 saturated heterocycles. The van der Waals surface area contributed by atoms with Crippen LogP contribution in [0.4, 0.5) is 0 Å². The molecule has 1 amide bonds. The van der Waals surface area contributed by atoms with Gasteiger partial charge in [0.1, 0.15) is 16.8 Å². The van der Waals surface area contributed by atoms with Crippen LogP contribution in [0.1, 0.15) is 54.9 Å². The minimum atomic E-state index is -2.27. The van der Waals surface area contributed by atoms with Gasteiger partial charge < -0.3 is 19.9 Å². The lowest BCUT2D eigenvalue weighted by atomic mass is 9.82. The molecule has 7 heteroatoms. The third kappa shape index (κ3) is 3.58. The van der Waals surface area contributed by atoms with Gasteiger partial charge in [-0.05, 0) is 48.5 Å². The molecule has 1 atom stereocenters. The Kier molecular flexibility index (Phi) is 4.37. The molecule has 0 spiro atoms. The van der Waals surface area contributed by atoms with E-state index >= 15 is 0 Å². The minimum absolute atomic E-state index is 0.397. The van der Waals surface area contributed by atoms with E-state index in [2.05, 4.69) is 5.32 Å². The maximum absolute atomic E-state index is 12.6. The first-order valence-electron chi connectivity index (χ1n) is 7.11. The fraction of sp³-hybridized carbons (Fsp3) is 0.800. The molecule has 0 aliphatic carbocycles. The van der Waals surface area contributed by atoms with Crippen molar-refractivity contribution in [2.45, 2.75) is 77.2 Å². The van der Waals surface area contributed by atoms with Gasteiger partial charge in [-0.15, -0.1) is 0 Å². The summed E-state index contributed by atoms with van der Waals surface area (Å²) in [4.78, 5) is 36.9. The zero-order valence-electron chi connectivity index (χ0n) is 14.2. The molecule has 2 N–H and O–H groups in total. The number of esters is 2. The highest BCUT2D eigenvalue weighted by molar-refractivity contribution is 6.12. The highest BCUT2D eigenvalue weighted by Crippen LogP contribution is 2.36. The molecule has 126 valence electrons. The van der Waals surface area contributed by atoms with E-state index in [0.717, 1.165) is 0 Å². The van der Waals surface area contributed by atoms with Gasteiger partial charge in [0.25, 0.3) is 5.54 Å². The summed E-state index contributed by atoms with van der Waals surface area (Å²) < 4.78 is 10.5. The molecule has 0 aromatic heterocycles. The number of nitrogens with one attached hydrogen (secondary N) is 1. The van der Waals surface area contributed by atoms with Gasteiger partial charge in [0.05, 0.1) is 6.42 Å². The number of hydrogen-bond acceptors (Lipinski definition) is 6. The van der Waals surface area contributed by atoms with Gasteiger partial charge in [-0.3, -0.25) is 4.79 Å². The van der Waals surface area contributed by atoms with Crippen molar-refractivity contribution in [3.63, 3.8) is 0 Å². The summed E-state index contributed by atoms with van der Waals surface area (Å²) in [6.45, 7) is 11.0. The predicted molar refractivity (Wildman–Crippen MR) is 77.8 cm³/mol. The van der Waals surface area contributed by atoms with Crippen molar-refractivity contribution < 1.29 is 29.0 Å². The van der Waals surface area contributed by atoms with E-state index in [1.165, 1.54) is 6.92 Å². The zero-order valence-corrected chi connectivity index (χ0v) is 14.2. The minimum Gasteiger partial charge on any atom is -0.458 e. The standard InChI is InChI=1S/C15H25NO6/c1-12(2,3)21-10(18)15(11(19)22-13(4,5)6)14(7,20)8-9(17)16-15/h20H,8H2,1-7H3,(H,16,17). The summed E-state index contributed by atoms with van der Waals surface area (Å²) in [5.74, 6) is -2.70. The fourth-order valence-electron chi connectivity index (χ4n) is 2.17. The first-order chi connectivity index (χ1) is 9.61. The van der Waals surface area contributed by atoms with Gasteiger partial charge in [-0.25, -0.2) is 9.59 Å². The molecular formula is C15H25NO6. The van der Waals surface area contributed by atoms with Crippen molar-refractivity contribution in [3.05, 3.63) is 0 Å². The monoisotopic (exact) mass is 315 g/mol. The maximum Gasteiger partial charge on any atom is 0.347 e. The van der Waals surface area contributed by atoms with E-state index in [1.54, 1.807) is 41.5 Å². The van der Waals surface area contributed by atoms with Crippen LogP contribution in [0.25, 0.3) is 0 Å². The third-order valence-corrected chi connectivity index (χ3v) is 3.05. The van der Waals surface area contributed by atoms with Crippen LogP contribution < -0.4 is 5.32 Å². The summed E-state index contributed by atoms with van der Waals surface area (Å²) in [5.41, 5.74) is -6.01. The zero-order chi connectivity index (χ0) is 17.6. The summed E-state index contributed by atoms with van der Waals surface area (Å²) >= 11 is 0. The van der Waals surface area contributed by atoms with Crippen molar-refractivity contribution in [2.24, 2.45) is 0 Å². The molecule has 0 radical (unpaired) electrons. The summed E-state index contributed by atoms with van der Waals surface area (Å²) in [6.07, 6.45) is -0.397. The SMILES string of the molecule is CC(C)(C)OC(=O)C1(C(=O)OC(C)(C)C)NC(=O)CC1(C)O. The average molecular weight is 315 g/mol. The Labute approximate surface area is 130 Å². The highest BCUT2D eigenvalue weighted by Gasteiger charge is 2.68. The Morgan fingerprint density at radius 2 is 1.41 bits per heavy atom. The number of ether oxygens (including phenoxy) is 2. The lowest BCUT2D eigenvalue weighted by molar-refractivity contribution is -0.189. The van der Waals surface area contributed by atoms with Crippen LogP contribution in [0.2, 0.25) is 0 Å². The smallest absolute Gasteiger partial charge is 0.347 e. The molecule has 0 saturated carbocycles. The molecule has 1 rings (SSSR count). The molecular weight excluding hydrogens is 290 g/mol. The molecule has 0 aromatic carbocycles. The van der Waals surface area contributed by atoms with E-state index < -0.39 is 46.6 Å². The van der Waals surface area contributed by atoms with Gasteiger partial charge in [-0.1, -0.05) is 0 Å². The van der Waals surface area contributed by atoms with Crippen molar-refractivity contribution >= 4 is 17.8 Å². The number of carbonyl (C=O) groups is 3. The second kappa shape index (κ2) is 5.22. The maximum atomic E-state index is 12.6. The lowest BCUT2D eigenvalue weighted by Crippen LogP contribution is -2.68. The first kappa shape index (κ1) is 18.4. The molecule has 1 unspecified atom stereocenters. The van der Waals surface area contributed by atoms with Gasteiger partial charge in [0, 0.05) is 0 Å². The van der Waals surface area contributed by atoms with Crippen molar-refractivity contribution in [3.8, 4) is 0 Å². The van der Waals surface area contributed by atoms with Crippen LogP contribution in [0.5, 0.6) is 0 Å². The summed E-state index contributed by atoms with van der Waals surface area (Å²) in [6, 6.07) is 0. The number of hydrogen-bond donors (Lipinski definition) is 2. The second-order valence-corrected chi connectivity index (χ2v) is 7.75. The Morgan fingerprint density at radius 1 is 1.05 bits per heavy atom. The third-order valence-electron chi connectivity index (χ3n) is 3.05. The number of amides is 1. The second-order valence-electron chi connectivity index (χ2n) is 7.75. The quantitative estimate of drug-likeness (QED) is 0.574. The summed E-state index contributed by atoms with van der Waals surface area (Å²) in [5, 5.41) is 12.8. The number of aliphatic hydroxyl groups is 1. The Balaban J connectivity index is 3.31. The Bertz CT molecular complexity index is 467. The number of carbonyl (C=O) groups excluding carboxylic acids is 3. The predicted octanol–water partition coefficient (Wildman–Crippen LogP) is 0.679. The molecule has 1 fully saturated rings. The van der Waals surface area contributed by atoms with Crippen molar-refractivity contribution in [2.75, 3.05) is 0 Å². The Hall–Kier alpha value is -1.63. The van der Waals surface area contributed by atoms with Crippen molar-refractivity contribution in [1.29, 1.82) is 0 Å². The van der Waals surface area contributed by atoms with E-state index in [-0.39, 0.29) is 0 Å². The van der Waals surface area contributed by atoms with E-state index in [0.29, 0.717) is 0 Å². The molecule has 7 nitrogen and oxygen atoms in total. The van der Waals surface area contributed by atoms with Crippen LogP contribution in [0.3, 0.4) is 0 Å². The molecule has 1 aliphatic heterocycles. The van der Waals surface area contributed by atoms with Crippen LogP contribution in [-0.2, 0) is 23.9 Å². The van der Waals surface area contributed by atoms with E-state index in [1.807, 2.05) is 0 Å². The van der Waals surface area contributed by atoms with Crippen LogP contribution >= 0.6 is 0 Å². The lowest BCUT2D eigenvalue weighted by Gasteiger charge is -2.38. The molecule has 0 aromatic rings. The Morgan fingerprint density at radius 3 is 1.64 bits per heavy atom. The van der Waals surface area contributed by atoms with Crippen molar-refractivity contribution in [1.82, 2.24) is 5.32 Å². The molecule has 0 bridgehead atoms. The van der Waals surface area contributed by atoms with Crippen LogP contribution in [0, 0.1) is 0 Å². The van der Waals surface area contributed by atoms with Gasteiger partial charge in [-0.2, -0.15) is 0 Å².